The number of nitrogens with zero attached hydrogens (tertiary/aromatic N) is 2. The summed E-state index contributed by atoms with van der Waals surface area (Å²) in [5, 5.41) is 2.95. The summed E-state index contributed by atoms with van der Waals surface area (Å²) in [5.41, 5.74) is 3.42. The van der Waals surface area contributed by atoms with E-state index in [0.717, 1.165) is 25.1 Å². The molecule has 4 rings (SSSR count). The second-order valence-corrected chi connectivity index (χ2v) is 8.55. The van der Waals surface area contributed by atoms with Gasteiger partial charge in [-0.1, -0.05) is 18.2 Å². The van der Waals surface area contributed by atoms with Crippen molar-refractivity contribution >= 4 is 43.4 Å². The molecule has 0 bridgehead atoms. The van der Waals surface area contributed by atoms with Crippen LogP contribution < -0.4 is 5.32 Å². The molecule has 0 saturated heterocycles. The Bertz CT molecular complexity index is 1090. The second-order valence-electron chi connectivity index (χ2n) is 6.09. The Morgan fingerprint density at radius 2 is 2.00 bits per heavy atom. The molecule has 1 aromatic carbocycles. The van der Waals surface area contributed by atoms with E-state index in [1.54, 1.807) is 35.9 Å². The Kier molecular flexibility index (Phi) is 5.05. The highest BCUT2D eigenvalue weighted by molar-refractivity contribution is 9.11. The summed E-state index contributed by atoms with van der Waals surface area (Å²) in [6.07, 6.45) is 3.43. The highest BCUT2D eigenvalue weighted by Gasteiger charge is 2.18. The van der Waals surface area contributed by atoms with Crippen LogP contribution in [0, 0.1) is 5.82 Å². The maximum Gasteiger partial charge on any atom is 0.268 e. The number of pyridine rings is 1. The third kappa shape index (κ3) is 3.94. The molecule has 4 nitrogen and oxygen atoms in total. The topological polar surface area (TPSA) is 46.9 Å². The summed E-state index contributed by atoms with van der Waals surface area (Å²) in [4.78, 5) is 16.9. The fraction of sp³-hybridized carbons (Fsp3) is 0.100. The van der Waals surface area contributed by atoms with E-state index < -0.39 is 0 Å². The number of fused-ring (bicyclic) bond motifs is 1. The van der Waals surface area contributed by atoms with E-state index in [4.69, 9.17) is 0 Å². The van der Waals surface area contributed by atoms with Crippen molar-refractivity contribution in [2.45, 2.75) is 13.1 Å². The van der Waals surface area contributed by atoms with E-state index >= 15 is 0 Å². The summed E-state index contributed by atoms with van der Waals surface area (Å²) in [6, 6.07) is 14.0. The standard InChI is InChI=1S/C20H15BrFN3OS/c21-19-9-16-18(27-19)8-17(20(26)24-11-14-2-1-7-23-10-14)25(16)12-13-3-5-15(22)6-4-13/h1-10H,11-12H2,(H,24,26). The highest BCUT2D eigenvalue weighted by Crippen LogP contribution is 2.33. The van der Waals surface area contributed by atoms with Crippen LogP contribution in [0.25, 0.3) is 10.2 Å². The Morgan fingerprint density at radius 3 is 2.74 bits per heavy atom. The molecular formula is C20H15BrFN3OS. The van der Waals surface area contributed by atoms with Crippen LogP contribution in [-0.4, -0.2) is 15.5 Å². The second kappa shape index (κ2) is 7.62. The molecular weight excluding hydrogens is 429 g/mol. The molecule has 0 atom stereocenters. The minimum atomic E-state index is -0.274. The molecule has 0 aliphatic heterocycles. The zero-order chi connectivity index (χ0) is 18.8. The van der Waals surface area contributed by atoms with Gasteiger partial charge in [0.05, 0.1) is 14.0 Å². The number of carbonyl (C=O) groups is 1. The van der Waals surface area contributed by atoms with Crippen molar-refractivity contribution in [2.24, 2.45) is 0 Å². The molecule has 0 spiro atoms. The third-order valence-corrected chi connectivity index (χ3v) is 5.80. The normalized spacial score (nSPS) is 11.0. The number of rotatable bonds is 5. The zero-order valence-electron chi connectivity index (χ0n) is 14.2. The average Bonchev–Trinajstić information content (AvgIpc) is 3.19. The first-order chi connectivity index (χ1) is 13.1. The van der Waals surface area contributed by atoms with Crippen LogP contribution in [0.2, 0.25) is 0 Å². The van der Waals surface area contributed by atoms with Crippen molar-refractivity contribution in [3.8, 4) is 0 Å². The summed E-state index contributed by atoms with van der Waals surface area (Å²) in [7, 11) is 0. The van der Waals surface area contributed by atoms with Gasteiger partial charge < -0.3 is 9.88 Å². The van der Waals surface area contributed by atoms with Crippen molar-refractivity contribution < 1.29 is 9.18 Å². The maximum absolute atomic E-state index is 13.2. The molecule has 0 radical (unpaired) electrons. The van der Waals surface area contributed by atoms with E-state index in [2.05, 4.69) is 26.2 Å². The fourth-order valence-electron chi connectivity index (χ4n) is 2.92. The number of halogens is 2. The molecule has 27 heavy (non-hydrogen) atoms. The minimum absolute atomic E-state index is 0.152. The Labute approximate surface area is 167 Å². The van der Waals surface area contributed by atoms with Gasteiger partial charge in [-0.3, -0.25) is 9.78 Å². The van der Waals surface area contributed by atoms with E-state index in [1.807, 2.05) is 28.8 Å². The molecule has 136 valence electrons. The van der Waals surface area contributed by atoms with Gasteiger partial charge in [0.25, 0.3) is 5.91 Å². The van der Waals surface area contributed by atoms with E-state index in [-0.39, 0.29) is 11.7 Å². The third-order valence-electron chi connectivity index (χ3n) is 4.22. The van der Waals surface area contributed by atoms with Gasteiger partial charge >= 0.3 is 0 Å². The van der Waals surface area contributed by atoms with Gasteiger partial charge in [0.15, 0.2) is 0 Å². The van der Waals surface area contributed by atoms with Gasteiger partial charge in [0.1, 0.15) is 11.5 Å². The minimum Gasteiger partial charge on any atom is -0.347 e. The SMILES string of the molecule is O=C(NCc1cccnc1)c1cc2sc(Br)cc2n1Cc1ccc(F)cc1. The smallest absolute Gasteiger partial charge is 0.268 e. The first-order valence-corrected chi connectivity index (χ1v) is 9.91. The number of hydrogen-bond donors (Lipinski definition) is 1. The van der Waals surface area contributed by atoms with Gasteiger partial charge in [-0.2, -0.15) is 0 Å². The summed E-state index contributed by atoms with van der Waals surface area (Å²) in [5.74, 6) is -0.426. The molecule has 0 unspecified atom stereocenters. The monoisotopic (exact) mass is 443 g/mol. The Morgan fingerprint density at radius 1 is 1.19 bits per heavy atom. The predicted molar refractivity (Wildman–Crippen MR) is 108 cm³/mol. The van der Waals surface area contributed by atoms with Crippen LogP contribution in [0.5, 0.6) is 0 Å². The molecule has 3 aromatic heterocycles. The summed E-state index contributed by atoms with van der Waals surface area (Å²) < 4.78 is 17.2. The van der Waals surface area contributed by atoms with Gasteiger partial charge in [0, 0.05) is 25.5 Å². The molecule has 1 amide bonds. The van der Waals surface area contributed by atoms with Gasteiger partial charge in [-0.25, -0.2) is 4.39 Å². The molecule has 1 N–H and O–H groups in total. The number of benzene rings is 1. The largest absolute Gasteiger partial charge is 0.347 e. The Balaban J connectivity index is 1.64. The lowest BCUT2D eigenvalue weighted by molar-refractivity contribution is 0.0942. The van der Waals surface area contributed by atoms with E-state index in [0.29, 0.717) is 18.8 Å². The fourth-order valence-corrected chi connectivity index (χ4v) is 4.48. The van der Waals surface area contributed by atoms with Crippen molar-refractivity contribution in [3.05, 3.63) is 87.3 Å². The predicted octanol–water partition coefficient (Wildman–Crippen LogP) is 4.98. The van der Waals surface area contributed by atoms with Gasteiger partial charge in [-0.05, 0) is 57.4 Å². The zero-order valence-corrected chi connectivity index (χ0v) is 16.6. The summed E-state index contributed by atoms with van der Waals surface area (Å²) in [6.45, 7) is 0.897. The number of hydrogen-bond acceptors (Lipinski definition) is 3. The van der Waals surface area contributed by atoms with Gasteiger partial charge in [0.2, 0.25) is 0 Å². The average molecular weight is 444 g/mol. The molecule has 0 aliphatic carbocycles. The maximum atomic E-state index is 13.2. The Hall–Kier alpha value is -2.51. The van der Waals surface area contributed by atoms with Crippen LogP contribution in [0.4, 0.5) is 4.39 Å². The molecule has 0 saturated carbocycles. The van der Waals surface area contributed by atoms with Crippen LogP contribution in [0.3, 0.4) is 0 Å². The van der Waals surface area contributed by atoms with Crippen molar-refractivity contribution in [3.63, 3.8) is 0 Å². The number of carbonyl (C=O) groups excluding carboxylic acids is 1. The lowest BCUT2D eigenvalue weighted by Crippen LogP contribution is -2.25. The van der Waals surface area contributed by atoms with Crippen LogP contribution in [0.15, 0.2) is 64.7 Å². The molecule has 0 aliphatic rings. The van der Waals surface area contributed by atoms with Crippen molar-refractivity contribution in [2.75, 3.05) is 0 Å². The lowest BCUT2D eigenvalue weighted by Gasteiger charge is -2.11. The van der Waals surface area contributed by atoms with E-state index in [1.165, 1.54) is 12.1 Å². The molecule has 4 aromatic rings. The van der Waals surface area contributed by atoms with Crippen LogP contribution in [-0.2, 0) is 13.1 Å². The number of aromatic nitrogens is 2. The molecule has 3 heterocycles. The summed E-state index contributed by atoms with van der Waals surface area (Å²) >= 11 is 5.08. The van der Waals surface area contributed by atoms with Gasteiger partial charge in [-0.15, -0.1) is 11.3 Å². The lowest BCUT2D eigenvalue weighted by atomic mass is 10.2. The van der Waals surface area contributed by atoms with Crippen LogP contribution >= 0.6 is 27.3 Å². The van der Waals surface area contributed by atoms with Crippen molar-refractivity contribution in [1.82, 2.24) is 14.9 Å². The van der Waals surface area contributed by atoms with Crippen molar-refractivity contribution in [1.29, 1.82) is 0 Å². The molecule has 7 heteroatoms. The van der Waals surface area contributed by atoms with E-state index in [9.17, 15) is 9.18 Å². The molecule has 0 fully saturated rings. The first kappa shape index (κ1) is 17.9. The number of nitrogens with one attached hydrogen (secondary N) is 1. The number of amides is 1. The number of thiophene rings is 1. The highest BCUT2D eigenvalue weighted by atomic mass is 79.9. The van der Waals surface area contributed by atoms with Crippen LogP contribution in [0.1, 0.15) is 21.6 Å². The quantitative estimate of drug-likeness (QED) is 0.472. The first-order valence-electron chi connectivity index (χ1n) is 8.30.